The number of nitriles is 1. The maximum Gasteiger partial charge on any atom is 0.270 e. The zero-order chi connectivity index (χ0) is 12.3. The van der Waals surface area contributed by atoms with Crippen LogP contribution in [0.1, 0.15) is 29.8 Å². The van der Waals surface area contributed by atoms with Crippen molar-refractivity contribution in [3.05, 3.63) is 29.0 Å². The second-order valence-electron chi connectivity index (χ2n) is 4.11. The molecular weight excluding hydrogens is 238 g/mol. The highest BCUT2D eigenvalue weighted by molar-refractivity contribution is 6.30. The summed E-state index contributed by atoms with van der Waals surface area (Å²) in [6.45, 7) is 0. The molecule has 5 heteroatoms. The minimum absolute atomic E-state index is 0.0509. The molecular formula is C12H12ClN3O. The minimum atomic E-state index is -0.242. The first-order valence-electron chi connectivity index (χ1n) is 5.53. The summed E-state index contributed by atoms with van der Waals surface area (Å²) >= 11 is 5.70. The fourth-order valence-corrected chi connectivity index (χ4v) is 2.15. The predicted octanol–water partition coefficient (Wildman–Crippen LogP) is 2.16. The zero-order valence-electron chi connectivity index (χ0n) is 9.19. The van der Waals surface area contributed by atoms with E-state index in [-0.39, 0.29) is 17.9 Å². The van der Waals surface area contributed by atoms with E-state index in [1.54, 1.807) is 12.1 Å². The first kappa shape index (κ1) is 11.9. The molecule has 2 rings (SSSR count). The normalized spacial score (nSPS) is 23.1. The number of pyridine rings is 1. The number of amides is 1. The number of halogens is 1. The highest BCUT2D eigenvalue weighted by Gasteiger charge is 2.28. The molecule has 0 bridgehead atoms. The largest absolute Gasteiger partial charge is 0.347 e. The number of nitrogens with one attached hydrogen (secondary N) is 1. The third kappa shape index (κ3) is 2.75. The van der Waals surface area contributed by atoms with Crippen molar-refractivity contribution in [2.24, 2.45) is 5.92 Å². The van der Waals surface area contributed by atoms with Gasteiger partial charge in [-0.05, 0) is 31.4 Å². The van der Waals surface area contributed by atoms with Crippen LogP contribution < -0.4 is 5.32 Å². The molecule has 88 valence electrons. The van der Waals surface area contributed by atoms with E-state index in [1.165, 1.54) is 6.20 Å². The van der Waals surface area contributed by atoms with E-state index in [9.17, 15) is 4.79 Å². The molecule has 2 unspecified atom stereocenters. The van der Waals surface area contributed by atoms with Crippen LogP contribution in [0.25, 0.3) is 0 Å². The van der Waals surface area contributed by atoms with E-state index in [0.717, 1.165) is 19.3 Å². The third-order valence-corrected chi connectivity index (χ3v) is 3.18. The molecule has 1 aliphatic rings. The standard InChI is InChI=1S/C12H12ClN3O/c13-9-4-5-11(15-7-9)12(17)16-10-3-1-2-8(10)6-14/h4-5,7-8,10H,1-3H2,(H,16,17). The van der Waals surface area contributed by atoms with Gasteiger partial charge in [0.05, 0.1) is 17.0 Å². The molecule has 0 saturated heterocycles. The lowest BCUT2D eigenvalue weighted by molar-refractivity contribution is 0.0928. The maximum atomic E-state index is 11.8. The van der Waals surface area contributed by atoms with Crippen LogP contribution in [-0.2, 0) is 0 Å². The van der Waals surface area contributed by atoms with Crippen molar-refractivity contribution in [2.45, 2.75) is 25.3 Å². The summed E-state index contributed by atoms with van der Waals surface area (Å²) in [7, 11) is 0. The van der Waals surface area contributed by atoms with Crippen LogP contribution in [-0.4, -0.2) is 16.9 Å². The molecule has 1 saturated carbocycles. The Bertz CT molecular complexity index is 452. The van der Waals surface area contributed by atoms with Gasteiger partial charge in [0.2, 0.25) is 0 Å². The molecule has 1 aliphatic carbocycles. The number of rotatable bonds is 2. The Labute approximate surface area is 105 Å². The lowest BCUT2D eigenvalue weighted by Crippen LogP contribution is -2.37. The van der Waals surface area contributed by atoms with Gasteiger partial charge in [-0.15, -0.1) is 0 Å². The highest BCUT2D eigenvalue weighted by atomic mass is 35.5. The first-order chi connectivity index (χ1) is 8.20. The van der Waals surface area contributed by atoms with E-state index in [0.29, 0.717) is 10.7 Å². The Kier molecular flexibility index (Phi) is 3.60. The number of aromatic nitrogens is 1. The Balaban J connectivity index is 2.02. The van der Waals surface area contributed by atoms with Crippen LogP contribution in [0.2, 0.25) is 5.02 Å². The first-order valence-corrected chi connectivity index (χ1v) is 5.90. The van der Waals surface area contributed by atoms with Gasteiger partial charge in [-0.1, -0.05) is 11.6 Å². The molecule has 1 fully saturated rings. The molecule has 0 spiro atoms. The fourth-order valence-electron chi connectivity index (χ4n) is 2.04. The van der Waals surface area contributed by atoms with Gasteiger partial charge in [0.15, 0.2) is 0 Å². The molecule has 0 aromatic carbocycles. The molecule has 1 amide bonds. The molecule has 1 N–H and O–H groups in total. The van der Waals surface area contributed by atoms with E-state index >= 15 is 0 Å². The van der Waals surface area contributed by atoms with Gasteiger partial charge in [0.1, 0.15) is 5.69 Å². The van der Waals surface area contributed by atoms with Crippen molar-refractivity contribution in [2.75, 3.05) is 0 Å². The van der Waals surface area contributed by atoms with Crippen LogP contribution in [0.4, 0.5) is 0 Å². The summed E-state index contributed by atoms with van der Waals surface area (Å²) in [6.07, 6.45) is 4.14. The van der Waals surface area contributed by atoms with E-state index in [2.05, 4.69) is 16.4 Å². The molecule has 1 aromatic rings. The van der Waals surface area contributed by atoms with Gasteiger partial charge < -0.3 is 5.32 Å². The minimum Gasteiger partial charge on any atom is -0.347 e. The lowest BCUT2D eigenvalue weighted by atomic mass is 10.1. The Morgan fingerprint density at radius 1 is 1.53 bits per heavy atom. The second kappa shape index (κ2) is 5.15. The SMILES string of the molecule is N#CC1CCCC1NC(=O)c1ccc(Cl)cn1. The van der Waals surface area contributed by atoms with Crippen LogP contribution >= 0.6 is 11.6 Å². The molecule has 17 heavy (non-hydrogen) atoms. The van der Waals surface area contributed by atoms with Crippen molar-refractivity contribution >= 4 is 17.5 Å². The molecule has 4 nitrogen and oxygen atoms in total. The smallest absolute Gasteiger partial charge is 0.270 e. The summed E-state index contributed by atoms with van der Waals surface area (Å²) in [5.74, 6) is -0.319. The van der Waals surface area contributed by atoms with Crippen molar-refractivity contribution in [1.29, 1.82) is 5.26 Å². The third-order valence-electron chi connectivity index (χ3n) is 2.96. The van der Waals surface area contributed by atoms with Gasteiger partial charge in [-0.3, -0.25) is 4.79 Å². The van der Waals surface area contributed by atoms with E-state index < -0.39 is 0 Å². The average molecular weight is 250 g/mol. The Morgan fingerprint density at radius 2 is 2.35 bits per heavy atom. The monoisotopic (exact) mass is 249 g/mol. The summed E-state index contributed by atoms with van der Waals surface area (Å²) in [5, 5.41) is 12.3. The topological polar surface area (TPSA) is 65.8 Å². The average Bonchev–Trinajstić information content (AvgIpc) is 2.77. The van der Waals surface area contributed by atoms with Crippen LogP contribution in [0.15, 0.2) is 18.3 Å². The second-order valence-corrected chi connectivity index (χ2v) is 4.54. The Hall–Kier alpha value is -1.60. The van der Waals surface area contributed by atoms with Crippen molar-refractivity contribution in [3.63, 3.8) is 0 Å². The van der Waals surface area contributed by atoms with Crippen LogP contribution in [0, 0.1) is 17.2 Å². The summed E-state index contributed by atoms with van der Waals surface area (Å²) in [4.78, 5) is 15.8. The Morgan fingerprint density at radius 3 is 3.00 bits per heavy atom. The highest BCUT2D eigenvalue weighted by Crippen LogP contribution is 2.25. The van der Waals surface area contributed by atoms with Gasteiger partial charge in [-0.2, -0.15) is 5.26 Å². The fraction of sp³-hybridized carbons (Fsp3) is 0.417. The summed E-state index contributed by atoms with van der Waals surface area (Å²) in [6, 6.07) is 5.38. The van der Waals surface area contributed by atoms with E-state index in [4.69, 9.17) is 16.9 Å². The van der Waals surface area contributed by atoms with Crippen molar-refractivity contribution in [3.8, 4) is 6.07 Å². The summed E-state index contributed by atoms with van der Waals surface area (Å²) < 4.78 is 0. The number of carbonyl (C=O) groups excluding carboxylic acids is 1. The van der Waals surface area contributed by atoms with Gasteiger partial charge in [0, 0.05) is 12.2 Å². The number of carbonyl (C=O) groups is 1. The molecule has 0 aliphatic heterocycles. The molecule has 0 radical (unpaired) electrons. The van der Waals surface area contributed by atoms with Crippen LogP contribution in [0.5, 0.6) is 0 Å². The number of nitrogens with zero attached hydrogens (tertiary/aromatic N) is 2. The predicted molar refractivity (Wildman–Crippen MR) is 63.5 cm³/mol. The molecule has 2 atom stereocenters. The van der Waals surface area contributed by atoms with E-state index in [1.807, 2.05) is 0 Å². The lowest BCUT2D eigenvalue weighted by Gasteiger charge is -2.14. The number of hydrogen-bond acceptors (Lipinski definition) is 3. The maximum absolute atomic E-state index is 11.8. The van der Waals surface area contributed by atoms with Crippen LogP contribution in [0.3, 0.4) is 0 Å². The molecule has 1 aromatic heterocycles. The summed E-state index contributed by atoms with van der Waals surface area (Å²) in [5.41, 5.74) is 0.331. The van der Waals surface area contributed by atoms with Crippen molar-refractivity contribution < 1.29 is 4.79 Å². The van der Waals surface area contributed by atoms with Crippen molar-refractivity contribution in [1.82, 2.24) is 10.3 Å². The van der Waals surface area contributed by atoms with Gasteiger partial charge in [-0.25, -0.2) is 4.98 Å². The van der Waals surface area contributed by atoms with Gasteiger partial charge >= 0.3 is 0 Å². The quantitative estimate of drug-likeness (QED) is 0.873. The number of hydrogen-bond donors (Lipinski definition) is 1. The molecule has 1 heterocycles. The zero-order valence-corrected chi connectivity index (χ0v) is 9.94. The van der Waals surface area contributed by atoms with Gasteiger partial charge in [0.25, 0.3) is 5.91 Å².